The first-order valence-electron chi connectivity index (χ1n) is 6.65. The summed E-state index contributed by atoms with van der Waals surface area (Å²) in [6.45, 7) is 4.20. The highest BCUT2D eigenvalue weighted by Gasteiger charge is 2.27. The van der Waals surface area contributed by atoms with Gasteiger partial charge in [0.05, 0.1) is 0 Å². The van der Waals surface area contributed by atoms with Crippen LogP contribution in [0.5, 0.6) is 11.5 Å². The van der Waals surface area contributed by atoms with Crippen molar-refractivity contribution >= 4 is 0 Å². The third-order valence-corrected chi connectivity index (χ3v) is 3.65. The van der Waals surface area contributed by atoms with Crippen LogP contribution in [0.3, 0.4) is 0 Å². The molecule has 0 radical (unpaired) electrons. The largest absolute Gasteiger partial charge is 0.507 e. The molecule has 0 spiro atoms. The van der Waals surface area contributed by atoms with E-state index in [9.17, 15) is 5.11 Å². The van der Waals surface area contributed by atoms with Crippen LogP contribution in [0.1, 0.15) is 25.8 Å². The molecule has 3 rings (SSSR count). The number of aryl methyl sites for hydroxylation is 1. The average molecular weight is 254 g/mol. The number of fused-ring (bicyclic) bond motifs is 1. The van der Waals surface area contributed by atoms with Crippen molar-refractivity contribution in [2.45, 2.75) is 32.3 Å². The minimum absolute atomic E-state index is 0.127. The summed E-state index contributed by atoms with van der Waals surface area (Å²) in [5.41, 5.74) is 2.81. The van der Waals surface area contributed by atoms with Crippen LogP contribution in [0, 0.1) is 0 Å². The minimum Gasteiger partial charge on any atom is -0.507 e. The number of hydrogen-bond donors (Lipinski definition) is 1. The fourth-order valence-electron chi connectivity index (χ4n) is 2.54. The zero-order valence-corrected chi connectivity index (χ0v) is 11.3. The number of phenolic OH excluding ortho intramolecular Hbond substituents is 1. The van der Waals surface area contributed by atoms with Gasteiger partial charge in [0.25, 0.3) is 0 Å². The fourth-order valence-corrected chi connectivity index (χ4v) is 2.54. The van der Waals surface area contributed by atoms with Crippen LogP contribution in [0.4, 0.5) is 0 Å². The Morgan fingerprint density at radius 1 is 1.11 bits per heavy atom. The number of aromatic hydroxyl groups is 1. The van der Waals surface area contributed by atoms with Crippen LogP contribution >= 0.6 is 0 Å². The van der Waals surface area contributed by atoms with Crippen LogP contribution in [0.15, 0.2) is 42.5 Å². The molecule has 2 aromatic rings. The minimum atomic E-state index is -0.127. The van der Waals surface area contributed by atoms with Crippen LogP contribution in [-0.4, -0.2) is 10.7 Å². The lowest BCUT2D eigenvalue weighted by atomic mass is 9.92. The molecular formula is C17H18O2. The van der Waals surface area contributed by atoms with Crippen LogP contribution in [-0.2, 0) is 6.42 Å². The zero-order chi connectivity index (χ0) is 13.5. The van der Waals surface area contributed by atoms with Crippen LogP contribution in [0.2, 0.25) is 0 Å². The lowest BCUT2D eigenvalue weighted by molar-refractivity contribution is 0.0846. The monoisotopic (exact) mass is 254 g/mol. The molecule has 0 fully saturated rings. The first-order chi connectivity index (χ1) is 9.05. The first-order valence-corrected chi connectivity index (χ1v) is 6.65. The smallest absolute Gasteiger partial charge is 0.124 e. The van der Waals surface area contributed by atoms with Gasteiger partial charge in [-0.05, 0) is 49.9 Å². The van der Waals surface area contributed by atoms with E-state index in [1.807, 2.05) is 42.5 Å². The van der Waals surface area contributed by atoms with Gasteiger partial charge in [0, 0.05) is 5.56 Å². The van der Waals surface area contributed by atoms with Crippen molar-refractivity contribution in [2.75, 3.05) is 0 Å². The van der Waals surface area contributed by atoms with E-state index >= 15 is 0 Å². The van der Waals surface area contributed by atoms with Crippen molar-refractivity contribution in [1.82, 2.24) is 0 Å². The molecular weight excluding hydrogens is 236 g/mol. The van der Waals surface area contributed by atoms with Gasteiger partial charge in [-0.3, -0.25) is 0 Å². The molecule has 1 N–H and O–H groups in total. The Labute approximate surface area is 113 Å². The molecule has 1 heterocycles. The van der Waals surface area contributed by atoms with Crippen molar-refractivity contribution in [3.63, 3.8) is 0 Å². The predicted molar refractivity (Wildman–Crippen MR) is 76.6 cm³/mol. The van der Waals surface area contributed by atoms with Crippen molar-refractivity contribution in [3.05, 3.63) is 48.0 Å². The maximum Gasteiger partial charge on any atom is 0.124 e. The molecule has 0 saturated carbocycles. The maximum absolute atomic E-state index is 10.2. The summed E-state index contributed by atoms with van der Waals surface area (Å²) in [7, 11) is 0. The Bertz CT molecular complexity index is 600. The van der Waals surface area contributed by atoms with Gasteiger partial charge in [-0.25, -0.2) is 0 Å². The highest BCUT2D eigenvalue weighted by Crippen LogP contribution is 2.40. The van der Waals surface area contributed by atoms with Gasteiger partial charge >= 0.3 is 0 Å². The van der Waals surface area contributed by atoms with Gasteiger partial charge in [-0.2, -0.15) is 0 Å². The summed E-state index contributed by atoms with van der Waals surface area (Å²) in [5, 5.41) is 10.2. The molecule has 0 amide bonds. The van der Waals surface area contributed by atoms with Gasteiger partial charge in [0.1, 0.15) is 17.1 Å². The lowest BCUT2D eigenvalue weighted by Crippen LogP contribution is -2.32. The second kappa shape index (κ2) is 4.30. The molecule has 0 aliphatic carbocycles. The summed E-state index contributed by atoms with van der Waals surface area (Å²) in [4.78, 5) is 0. The average Bonchev–Trinajstić information content (AvgIpc) is 2.39. The second-order valence-electron chi connectivity index (χ2n) is 5.70. The zero-order valence-electron chi connectivity index (χ0n) is 11.3. The molecule has 1 aliphatic rings. The topological polar surface area (TPSA) is 29.5 Å². The van der Waals surface area contributed by atoms with Gasteiger partial charge < -0.3 is 9.84 Å². The molecule has 1 aliphatic heterocycles. The Balaban J connectivity index is 2.09. The second-order valence-corrected chi connectivity index (χ2v) is 5.70. The van der Waals surface area contributed by atoms with Gasteiger partial charge in [-0.1, -0.05) is 30.3 Å². The van der Waals surface area contributed by atoms with E-state index in [2.05, 4.69) is 13.8 Å². The fraction of sp³-hybridized carbons (Fsp3) is 0.294. The summed E-state index contributed by atoms with van der Waals surface area (Å²) >= 11 is 0. The van der Waals surface area contributed by atoms with E-state index < -0.39 is 0 Å². The highest BCUT2D eigenvalue weighted by molar-refractivity contribution is 5.72. The van der Waals surface area contributed by atoms with Crippen molar-refractivity contribution in [2.24, 2.45) is 0 Å². The van der Waals surface area contributed by atoms with Crippen LogP contribution in [0.25, 0.3) is 11.1 Å². The molecule has 0 bridgehead atoms. The van der Waals surface area contributed by atoms with Gasteiger partial charge in [0.2, 0.25) is 0 Å². The summed E-state index contributed by atoms with van der Waals surface area (Å²) in [6, 6.07) is 13.7. The SMILES string of the molecule is CC1(C)CCc2cc(O)c(-c3ccccc3)cc2O1. The van der Waals surface area contributed by atoms with E-state index in [-0.39, 0.29) is 5.60 Å². The quantitative estimate of drug-likeness (QED) is 0.828. The predicted octanol–water partition coefficient (Wildman–Crippen LogP) is 4.16. The molecule has 2 nitrogen and oxygen atoms in total. The molecule has 0 unspecified atom stereocenters. The van der Waals surface area contributed by atoms with Crippen molar-refractivity contribution in [1.29, 1.82) is 0 Å². The Hall–Kier alpha value is -1.96. The molecule has 0 saturated heterocycles. The highest BCUT2D eigenvalue weighted by atomic mass is 16.5. The Morgan fingerprint density at radius 2 is 1.84 bits per heavy atom. The third-order valence-electron chi connectivity index (χ3n) is 3.65. The Kier molecular flexibility index (Phi) is 2.74. The number of ether oxygens (including phenoxy) is 1. The van der Waals surface area contributed by atoms with Gasteiger partial charge in [0.15, 0.2) is 0 Å². The normalized spacial score (nSPS) is 16.5. The summed E-state index contributed by atoms with van der Waals surface area (Å²) < 4.78 is 6.03. The number of hydrogen-bond acceptors (Lipinski definition) is 2. The number of rotatable bonds is 1. The molecule has 0 aromatic heterocycles. The molecule has 2 heteroatoms. The molecule has 2 aromatic carbocycles. The summed E-state index contributed by atoms with van der Waals surface area (Å²) in [6.07, 6.45) is 1.93. The van der Waals surface area contributed by atoms with E-state index in [0.29, 0.717) is 5.75 Å². The first kappa shape index (κ1) is 12.1. The lowest BCUT2D eigenvalue weighted by Gasteiger charge is -2.33. The number of phenols is 1. The van der Waals surface area contributed by atoms with E-state index in [1.54, 1.807) is 0 Å². The standard InChI is InChI=1S/C17H18O2/c1-17(2)9-8-13-10-15(18)14(11-16(13)19-17)12-6-4-3-5-7-12/h3-7,10-11,18H,8-9H2,1-2H3. The van der Waals surface area contributed by atoms with Crippen molar-refractivity contribution < 1.29 is 9.84 Å². The number of benzene rings is 2. The van der Waals surface area contributed by atoms with Gasteiger partial charge in [-0.15, -0.1) is 0 Å². The van der Waals surface area contributed by atoms with E-state index in [0.717, 1.165) is 35.3 Å². The summed E-state index contributed by atoms with van der Waals surface area (Å²) in [5.74, 6) is 1.22. The third kappa shape index (κ3) is 2.30. The van der Waals surface area contributed by atoms with E-state index in [1.165, 1.54) is 0 Å². The molecule has 0 atom stereocenters. The van der Waals surface area contributed by atoms with Crippen LogP contribution < -0.4 is 4.74 Å². The molecule has 98 valence electrons. The Morgan fingerprint density at radius 3 is 2.58 bits per heavy atom. The molecule has 19 heavy (non-hydrogen) atoms. The maximum atomic E-state index is 10.2. The van der Waals surface area contributed by atoms with E-state index in [4.69, 9.17) is 4.74 Å². The van der Waals surface area contributed by atoms with Crippen molar-refractivity contribution in [3.8, 4) is 22.6 Å².